The van der Waals surface area contributed by atoms with Crippen molar-refractivity contribution in [1.29, 1.82) is 0 Å². The number of benzene rings is 2. The van der Waals surface area contributed by atoms with Crippen molar-refractivity contribution in [3.63, 3.8) is 0 Å². The van der Waals surface area contributed by atoms with Crippen LogP contribution in [0.4, 0.5) is 0 Å². The quantitative estimate of drug-likeness (QED) is 0.644. The summed E-state index contributed by atoms with van der Waals surface area (Å²) in [5, 5.41) is 0. The van der Waals surface area contributed by atoms with E-state index in [0.29, 0.717) is 0 Å². The Bertz CT molecular complexity index is 749. The lowest BCUT2D eigenvalue weighted by Crippen LogP contribution is -2.26. The minimum atomic E-state index is 0.215. The molecular formula is C20H20. The molecule has 0 amide bonds. The van der Waals surface area contributed by atoms with Crippen LogP contribution in [0.2, 0.25) is 0 Å². The molecule has 2 aromatic rings. The number of rotatable bonds is 1. The van der Waals surface area contributed by atoms with Gasteiger partial charge in [0.15, 0.2) is 0 Å². The van der Waals surface area contributed by atoms with Crippen LogP contribution in [-0.4, -0.2) is 0 Å². The first-order valence-corrected chi connectivity index (χ1v) is 7.59. The van der Waals surface area contributed by atoms with Gasteiger partial charge in [-0.25, -0.2) is 0 Å². The van der Waals surface area contributed by atoms with Crippen molar-refractivity contribution in [3.05, 3.63) is 64.2 Å². The maximum absolute atomic E-state index is 2.41. The van der Waals surface area contributed by atoms with Crippen LogP contribution in [0.1, 0.15) is 47.6 Å². The number of hydrogen-bond donors (Lipinski definition) is 0. The summed E-state index contributed by atoms with van der Waals surface area (Å²) in [6.07, 6.45) is 7.03. The normalized spacial score (nSPS) is 21.8. The molecule has 2 aromatic carbocycles. The molecule has 20 heavy (non-hydrogen) atoms. The number of hydrogen-bond acceptors (Lipinski definition) is 0. The van der Waals surface area contributed by atoms with E-state index in [4.69, 9.17) is 0 Å². The van der Waals surface area contributed by atoms with Gasteiger partial charge in [-0.3, -0.25) is 0 Å². The van der Waals surface area contributed by atoms with E-state index in [1.807, 2.05) is 0 Å². The summed E-state index contributed by atoms with van der Waals surface area (Å²) < 4.78 is 0. The second-order valence-corrected chi connectivity index (χ2v) is 6.31. The van der Waals surface area contributed by atoms with Gasteiger partial charge in [0.1, 0.15) is 0 Å². The summed E-state index contributed by atoms with van der Waals surface area (Å²) in [5.41, 5.74) is 10.5. The van der Waals surface area contributed by atoms with Crippen LogP contribution in [0.25, 0.3) is 17.2 Å². The topological polar surface area (TPSA) is 0 Å². The number of aryl methyl sites for hydroxylation is 2. The van der Waals surface area contributed by atoms with E-state index in [9.17, 15) is 0 Å². The summed E-state index contributed by atoms with van der Waals surface area (Å²) in [5.74, 6) is 0. The van der Waals surface area contributed by atoms with Gasteiger partial charge in [0.05, 0.1) is 0 Å². The first-order chi connectivity index (χ1) is 9.67. The molecule has 2 aliphatic rings. The lowest BCUT2D eigenvalue weighted by atomic mass is 9.69. The highest BCUT2D eigenvalue weighted by Gasteiger charge is 2.43. The van der Waals surface area contributed by atoms with Gasteiger partial charge in [-0.2, -0.15) is 0 Å². The van der Waals surface area contributed by atoms with Gasteiger partial charge in [-0.1, -0.05) is 55.0 Å². The molecule has 0 nitrogen and oxygen atoms in total. The minimum absolute atomic E-state index is 0.215. The molecule has 100 valence electrons. The molecule has 0 bridgehead atoms. The van der Waals surface area contributed by atoms with Gasteiger partial charge in [-0.15, -0.1) is 0 Å². The maximum atomic E-state index is 2.41. The number of fused-ring (bicyclic) bond motifs is 3. The Morgan fingerprint density at radius 3 is 2.65 bits per heavy atom. The van der Waals surface area contributed by atoms with E-state index in [1.165, 1.54) is 34.2 Å². The minimum Gasteiger partial charge on any atom is -0.0827 e. The molecule has 4 rings (SSSR count). The highest BCUT2D eigenvalue weighted by atomic mass is 14.5. The van der Waals surface area contributed by atoms with E-state index in [0.717, 1.165) is 6.42 Å². The first kappa shape index (κ1) is 12.0. The van der Waals surface area contributed by atoms with E-state index in [2.05, 4.69) is 63.3 Å². The van der Waals surface area contributed by atoms with Gasteiger partial charge in [-0.05, 0) is 60.1 Å². The van der Waals surface area contributed by atoms with Crippen molar-refractivity contribution in [3.8, 4) is 11.1 Å². The van der Waals surface area contributed by atoms with Crippen LogP contribution in [0, 0.1) is 13.8 Å². The van der Waals surface area contributed by atoms with Crippen molar-refractivity contribution in [1.82, 2.24) is 0 Å². The van der Waals surface area contributed by atoms with Crippen LogP contribution in [0.5, 0.6) is 0 Å². The predicted octanol–water partition coefficient (Wildman–Crippen LogP) is 5.40. The molecule has 0 fully saturated rings. The van der Waals surface area contributed by atoms with Crippen LogP contribution in [0.15, 0.2) is 36.4 Å². The van der Waals surface area contributed by atoms with Crippen LogP contribution in [0.3, 0.4) is 0 Å². The van der Waals surface area contributed by atoms with Crippen molar-refractivity contribution >= 4 is 6.08 Å². The predicted molar refractivity (Wildman–Crippen MR) is 86.1 cm³/mol. The Kier molecular flexibility index (Phi) is 2.30. The monoisotopic (exact) mass is 260 g/mol. The standard InChI is InChI=1S/C20H20/c1-4-20-11-5-6-15-14(3)8-10-17(19(15)20)16-9-7-13(2)12-18(16)20/h5-10,12H,4,11H2,1-3H3. The zero-order valence-corrected chi connectivity index (χ0v) is 12.5. The summed E-state index contributed by atoms with van der Waals surface area (Å²) in [6, 6.07) is 11.6. The average Bonchev–Trinajstić information content (AvgIpc) is 2.75. The fourth-order valence-corrected chi connectivity index (χ4v) is 4.20. The Morgan fingerprint density at radius 2 is 1.85 bits per heavy atom. The van der Waals surface area contributed by atoms with Crippen molar-refractivity contribution in [2.24, 2.45) is 0 Å². The molecule has 2 aliphatic carbocycles. The Morgan fingerprint density at radius 1 is 1.05 bits per heavy atom. The Labute approximate surface area is 121 Å². The van der Waals surface area contributed by atoms with E-state index >= 15 is 0 Å². The molecule has 0 heterocycles. The van der Waals surface area contributed by atoms with Gasteiger partial charge >= 0.3 is 0 Å². The van der Waals surface area contributed by atoms with Crippen LogP contribution in [-0.2, 0) is 5.41 Å². The smallest absolute Gasteiger partial charge is 0.0253 e. The fraction of sp³-hybridized carbons (Fsp3) is 0.300. The molecule has 1 atom stereocenters. The molecule has 0 spiro atoms. The molecule has 0 aromatic heterocycles. The van der Waals surface area contributed by atoms with Crippen molar-refractivity contribution in [2.45, 2.75) is 39.0 Å². The van der Waals surface area contributed by atoms with E-state index in [-0.39, 0.29) is 5.41 Å². The molecule has 0 saturated carbocycles. The molecule has 0 aliphatic heterocycles. The number of allylic oxidation sites excluding steroid dienone is 1. The third kappa shape index (κ3) is 1.27. The molecular weight excluding hydrogens is 240 g/mol. The zero-order chi connectivity index (χ0) is 13.9. The fourth-order valence-electron chi connectivity index (χ4n) is 4.20. The van der Waals surface area contributed by atoms with Gasteiger partial charge in [0.25, 0.3) is 0 Å². The second kappa shape index (κ2) is 3.85. The van der Waals surface area contributed by atoms with E-state index < -0.39 is 0 Å². The third-order valence-electron chi connectivity index (χ3n) is 5.28. The van der Waals surface area contributed by atoms with Gasteiger partial charge in [0, 0.05) is 5.41 Å². The largest absolute Gasteiger partial charge is 0.0827 e. The molecule has 0 heteroatoms. The lowest BCUT2D eigenvalue weighted by Gasteiger charge is -2.34. The van der Waals surface area contributed by atoms with Crippen molar-refractivity contribution < 1.29 is 0 Å². The maximum Gasteiger partial charge on any atom is 0.0253 e. The van der Waals surface area contributed by atoms with Crippen LogP contribution >= 0.6 is 0 Å². The lowest BCUT2D eigenvalue weighted by molar-refractivity contribution is 0.510. The Hall–Kier alpha value is -1.82. The second-order valence-electron chi connectivity index (χ2n) is 6.31. The average molecular weight is 260 g/mol. The molecule has 0 radical (unpaired) electrons. The highest BCUT2D eigenvalue weighted by Crippen LogP contribution is 2.56. The zero-order valence-electron chi connectivity index (χ0n) is 12.5. The summed E-state index contributed by atoms with van der Waals surface area (Å²) in [6.45, 7) is 6.78. The highest BCUT2D eigenvalue weighted by molar-refractivity contribution is 5.87. The van der Waals surface area contributed by atoms with Gasteiger partial charge in [0.2, 0.25) is 0 Å². The first-order valence-electron chi connectivity index (χ1n) is 7.59. The van der Waals surface area contributed by atoms with Crippen LogP contribution < -0.4 is 0 Å². The molecule has 0 saturated heterocycles. The molecule has 1 unspecified atom stereocenters. The van der Waals surface area contributed by atoms with Gasteiger partial charge < -0.3 is 0 Å². The van der Waals surface area contributed by atoms with E-state index in [1.54, 1.807) is 11.1 Å². The Balaban J connectivity index is 2.16. The summed E-state index contributed by atoms with van der Waals surface area (Å²) >= 11 is 0. The third-order valence-corrected chi connectivity index (χ3v) is 5.28. The van der Waals surface area contributed by atoms with Crippen molar-refractivity contribution in [2.75, 3.05) is 0 Å². The summed E-state index contributed by atoms with van der Waals surface area (Å²) in [4.78, 5) is 0. The summed E-state index contributed by atoms with van der Waals surface area (Å²) in [7, 11) is 0. The SMILES string of the molecule is CCC12CC=Cc3c(C)ccc(c31)-c1ccc(C)cc12. The molecule has 0 N–H and O–H groups in total.